The molecule has 0 saturated heterocycles. The predicted molar refractivity (Wildman–Crippen MR) is 66.4 cm³/mol. The van der Waals surface area contributed by atoms with Gasteiger partial charge in [0, 0.05) is 13.5 Å². The summed E-state index contributed by atoms with van der Waals surface area (Å²) >= 11 is 5.40. The highest BCUT2D eigenvalue weighted by molar-refractivity contribution is 6.13. The van der Waals surface area contributed by atoms with Gasteiger partial charge in [-0.1, -0.05) is 6.07 Å². The van der Waals surface area contributed by atoms with Crippen LogP contribution in [0, 0.1) is 0 Å². The molecule has 6 heteroatoms. The zero-order valence-electron chi connectivity index (χ0n) is 10.2. The summed E-state index contributed by atoms with van der Waals surface area (Å²) in [5.41, 5.74) is 1.000. The molecule has 0 fully saturated rings. The Bertz CT molecular complexity index is 448. The molecule has 1 aromatic carbocycles. The van der Waals surface area contributed by atoms with Crippen LogP contribution in [0.3, 0.4) is 0 Å². The molecule has 0 amide bonds. The normalized spacial score (nSPS) is 9.94. The van der Waals surface area contributed by atoms with Crippen molar-refractivity contribution in [3.8, 4) is 5.75 Å². The third kappa shape index (κ3) is 4.01. The van der Waals surface area contributed by atoms with Crippen LogP contribution in [0.2, 0.25) is 0 Å². The number of rotatable bonds is 5. The highest BCUT2D eigenvalue weighted by Crippen LogP contribution is 2.22. The van der Waals surface area contributed by atoms with Crippen molar-refractivity contribution in [1.29, 1.82) is 0 Å². The van der Waals surface area contributed by atoms with E-state index in [1.165, 1.54) is 6.92 Å². The molecule has 0 atom stereocenters. The molecule has 0 radical (unpaired) electrons. The maximum atomic E-state index is 11.7. The third-order valence-corrected chi connectivity index (χ3v) is 2.20. The molecule has 0 aliphatic rings. The molecule has 5 nitrogen and oxygen atoms in total. The number of carbonyl (C=O) groups excluding carboxylic acids is 2. The van der Waals surface area contributed by atoms with Gasteiger partial charge in [0.05, 0.1) is 6.61 Å². The number of halogens is 1. The minimum absolute atomic E-state index is 0.172. The summed E-state index contributed by atoms with van der Waals surface area (Å²) in [4.78, 5) is 25.1. The van der Waals surface area contributed by atoms with Crippen molar-refractivity contribution < 1.29 is 19.1 Å². The van der Waals surface area contributed by atoms with Crippen LogP contribution >= 0.6 is 11.8 Å². The van der Waals surface area contributed by atoms with Crippen LogP contribution in [0.15, 0.2) is 18.2 Å². The van der Waals surface area contributed by atoms with Gasteiger partial charge < -0.3 is 9.47 Å². The van der Waals surface area contributed by atoms with Crippen LogP contribution in [0.25, 0.3) is 0 Å². The van der Waals surface area contributed by atoms with Gasteiger partial charge in [0.2, 0.25) is 0 Å². The van der Waals surface area contributed by atoms with Gasteiger partial charge in [-0.3, -0.25) is 4.79 Å². The molecular formula is C12H14ClNO4. The molecule has 1 aromatic rings. The standard InChI is InChI=1S/C12H14ClNO4/c1-3-17-12(16)10-5-4-9(7-14-13)6-11(10)18-8(2)15/h4-6,14H,3,7H2,1-2H3. The maximum absolute atomic E-state index is 11.7. The van der Waals surface area contributed by atoms with Crippen LogP contribution < -0.4 is 9.57 Å². The Hall–Kier alpha value is -1.59. The molecular weight excluding hydrogens is 258 g/mol. The molecule has 0 aromatic heterocycles. The topological polar surface area (TPSA) is 64.6 Å². The third-order valence-electron chi connectivity index (χ3n) is 2.07. The van der Waals surface area contributed by atoms with Crippen molar-refractivity contribution in [3.63, 3.8) is 0 Å². The Morgan fingerprint density at radius 2 is 2.11 bits per heavy atom. The average Bonchev–Trinajstić information content (AvgIpc) is 2.29. The molecule has 1 rings (SSSR count). The lowest BCUT2D eigenvalue weighted by Gasteiger charge is -2.10. The van der Waals surface area contributed by atoms with Crippen molar-refractivity contribution in [1.82, 2.24) is 4.84 Å². The van der Waals surface area contributed by atoms with Crippen LogP contribution in [0.1, 0.15) is 29.8 Å². The molecule has 0 bridgehead atoms. The van der Waals surface area contributed by atoms with E-state index in [1.807, 2.05) is 0 Å². The van der Waals surface area contributed by atoms with E-state index >= 15 is 0 Å². The number of hydrogen-bond acceptors (Lipinski definition) is 5. The van der Waals surface area contributed by atoms with E-state index in [-0.39, 0.29) is 17.9 Å². The molecule has 18 heavy (non-hydrogen) atoms. The molecule has 0 heterocycles. The smallest absolute Gasteiger partial charge is 0.341 e. The van der Waals surface area contributed by atoms with E-state index in [1.54, 1.807) is 25.1 Å². The highest BCUT2D eigenvalue weighted by atomic mass is 35.5. The van der Waals surface area contributed by atoms with Gasteiger partial charge >= 0.3 is 11.9 Å². The summed E-state index contributed by atoms with van der Waals surface area (Å²) in [5, 5.41) is 0. The summed E-state index contributed by atoms with van der Waals surface area (Å²) in [7, 11) is 0. The average molecular weight is 272 g/mol. The monoisotopic (exact) mass is 271 g/mol. The van der Waals surface area contributed by atoms with E-state index < -0.39 is 11.9 Å². The van der Waals surface area contributed by atoms with E-state index in [4.69, 9.17) is 21.3 Å². The highest BCUT2D eigenvalue weighted by Gasteiger charge is 2.15. The van der Waals surface area contributed by atoms with Gasteiger partial charge in [-0.25, -0.2) is 9.63 Å². The fraction of sp³-hybridized carbons (Fsp3) is 0.333. The SMILES string of the molecule is CCOC(=O)c1ccc(CNCl)cc1OC(C)=O. The van der Waals surface area contributed by atoms with Crippen molar-refractivity contribution in [2.24, 2.45) is 0 Å². The molecule has 98 valence electrons. The molecule has 1 N–H and O–H groups in total. The first-order valence-electron chi connectivity index (χ1n) is 5.40. The van der Waals surface area contributed by atoms with Crippen LogP contribution in [-0.4, -0.2) is 18.5 Å². The lowest BCUT2D eigenvalue weighted by atomic mass is 10.1. The van der Waals surface area contributed by atoms with Gasteiger partial charge in [0.15, 0.2) is 0 Å². The zero-order chi connectivity index (χ0) is 13.5. The quantitative estimate of drug-likeness (QED) is 0.504. The molecule has 0 aliphatic heterocycles. The first kappa shape index (κ1) is 14.5. The van der Waals surface area contributed by atoms with Gasteiger partial charge in [-0.2, -0.15) is 0 Å². The van der Waals surface area contributed by atoms with Crippen LogP contribution in [0.5, 0.6) is 5.75 Å². The van der Waals surface area contributed by atoms with Gasteiger partial charge in [0.25, 0.3) is 0 Å². The Morgan fingerprint density at radius 1 is 1.39 bits per heavy atom. The van der Waals surface area contributed by atoms with Gasteiger partial charge in [-0.05, 0) is 36.4 Å². The van der Waals surface area contributed by atoms with E-state index in [2.05, 4.69) is 4.84 Å². The van der Waals surface area contributed by atoms with Gasteiger partial charge in [0.1, 0.15) is 11.3 Å². The second kappa shape index (κ2) is 6.98. The van der Waals surface area contributed by atoms with Crippen molar-refractivity contribution in [2.75, 3.05) is 6.61 Å². The van der Waals surface area contributed by atoms with Crippen molar-refractivity contribution in [3.05, 3.63) is 29.3 Å². The van der Waals surface area contributed by atoms with Crippen LogP contribution in [0.4, 0.5) is 0 Å². The first-order valence-corrected chi connectivity index (χ1v) is 5.78. The minimum Gasteiger partial charge on any atom is -0.462 e. The van der Waals surface area contributed by atoms with Crippen molar-refractivity contribution >= 4 is 23.7 Å². The molecule has 0 spiro atoms. The van der Waals surface area contributed by atoms with E-state index in [9.17, 15) is 9.59 Å². The number of carbonyl (C=O) groups is 2. The Balaban J connectivity index is 3.07. The summed E-state index contributed by atoms with van der Waals surface area (Å²) in [6.07, 6.45) is 0. The number of ether oxygens (including phenoxy) is 2. The number of benzene rings is 1. The Kier molecular flexibility index (Phi) is 5.61. The fourth-order valence-corrected chi connectivity index (χ4v) is 1.52. The summed E-state index contributed by atoms with van der Waals surface area (Å²) < 4.78 is 9.87. The molecule has 0 saturated carbocycles. The predicted octanol–water partition coefficient (Wildman–Crippen LogP) is 2.03. The summed E-state index contributed by atoms with van der Waals surface area (Å²) in [6.45, 7) is 3.61. The van der Waals surface area contributed by atoms with Crippen LogP contribution in [-0.2, 0) is 16.1 Å². The summed E-state index contributed by atoms with van der Waals surface area (Å²) in [6, 6.07) is 4.82. The maximum Gasteiger partial charge on any atom is 0.341 e. The lowest BCUT2D eigenvalue weighted by Crippen LogP contribution is -2.11. The fourth-order valence-electron chi connectivity index (χ4n) is 1.37. The second-order valence-corrected chi connectivity index (χ2v) is 3.72. The van der Waals surface area contributed by atoms with E-state index in [0.29, 0.717) is 6.54 Å². The minimum atomic E-state index is -0.529. The summed E-state index contributed by atoms with van der Waals surface area (Å²) in [5.74, 6) is -0.860. The number of nitrogens with one attached hydrogen (secondary N) is 1. The second-order valence-electron chi connectivity index (χ2n) is 3.46. The largest absolute Gasteiger partial charge is 0.462 e. The lowest BCUT2D eigenvalue weighted by molar-refractivity contribution is -0.131. The Morgan fingerprint density at radius 3 is 2.67 bits per heavy atom. The van der Waals surface area contributed by atoms with E-state index in [0.717, 1.165) is 5.56 Å². The Labute approximate surface area is 110 Å². The van der Waals surface area contributed by atoms with Crippen molar-refractivity contribution in [2.45, 2.75) is 20.4 Å². The number of hydrogen-bond donors (Lipinski definition) is 1. The van der Waals surface area contributed by atoms with Gasteiger partial charge in [-0.15, -0.1) is 0 Å². The number of esters is 2. The first-order chi connectivity index (χ1) is 8.58. The molecule has 0 unspecified atom stereocenters. The molecule has 0 aliphatic carbocycles. The zero-order valence-corrected chi connectivity index (χ0v) is 10.9.